The Morgan fingerprint density at radius 2 is 2.03 bits per heavy atom. The summed E-state index contributed by atoms with van der Waals surface area (Å²) < 4.78 is 5.38. The molecule has 2 aliphatic carbocycles. The van der Waals surface area contributed by atoms with Gasteiger partial charge in [-0.25, -0.2) is 0 Å². The van der Waals surface area contributed by atoms with E-state index in [9.17, 15) is 9.59 Å². The minimum absolute atomic E-state index is 0.0140. The third-order valence-corrected chi connectivity index (χ3v) is 7.54. The zero-order valence-electron chi connectivity index (χ0n) is 19.4. The predicted octanol–water partition coefficient (Wildman–Crippen LogP) is 6.26. The van der Waals surface area contributed by atoms with Gasteiger partial charge in [-0.3, -0.25) is 9.59 Å². The largest absolute Gasteiger partial charge is 0.497 e. The minimum Gasteiger partial charge on any atom is -0.497 e. The van der Waals surface area contributed by atoms with Crippen molar-refractivity contribution in [1.82, 2.24) is 0 Å². The Hall–Kier alpha value is -1.90. The fraction of sp³-hybridized carbons (Fsp3) is 0.630. The molecule has 0 aromatic heterocycles. The Balaban J connectivity index is 1.75. The quantitative estimate of drug-likeness (QED) is 0.375. The summed E-state index contributed by atoms with van der Waals surface area (Å²) in [6, 6.07) is 6.15. The lowest BCUT2D eigenvalue weighted by molar-refractivity contribution is -0.130. The Morgan fingerprint density at radius 3 is 2.73 bits per heavy atom. The molecule has 3 rings (SSSR count). The molecule has 0 heterocycles. The lowest BCUT2D eigenvalue weighted by Gasteiger charge is -2.41. The number of unbranched alkanes of at least 4 members (excludes halogenated alkanes) is 1. The SMILES string of the molecule is COc1ccc(C)c(CC[C@@H]2C(=O)CC[C@]3(C)/C(=C\CCCC(C)C)C(=O)C[C@@H]23)c1. The first-order valence-corrected chi connectivity index (χ1v) is 11.7. The number of ketones is 2. The number of allylic oxidation sites excluding steroid dienone is 2. The molecule has 1 aromatic rings. The highest BCUT2D eigenvalue weighted by Crippen LogP contribution is 2.56. The highest BCUT2D eigenvalue weighted by molar-refractivity contribution is 6.01. The fourth-order valence-electron chi connectivity index (χ4n) is 5.59. The van der Waals surface area contributed by atoms with Gasteiger partial charge in [0, 0.05) is 24.2 Å². The fourth-order valence-corrected chi connectivity index (χ4v) is 5.59. The molecule has 3 heteroatoms. The molecule has 0 amide bonds. The number of carbonyl (C=O) groups is 2. The van der Waals surface area contributed by atoms with E-state index in [0.29, 0.717) is 24.5 Å². The van der Waals surface area contributed by atoms with Gasteiger partial charge in [0.2, 0.25) is 0 Å². The van der Waals surface area contributed by atoms with Crippen LogP contribution in [0.5, 0.6) is 5.75 Å². The molecule has 0 saturated heterocycles. The van der Waals surface area contributed by atoms with Crippen LogP contribution in [-0.4, -0.2) is 18.7 Å². The van der Waals surface area contributed by atoms with Crippen LogP contribution in [0.1, 0.15) is 76.8 Å². The average Bonchev–Trinajstić information content (AvgIpc) is 2.96. The van der Waals surface area contributed by atoms with Crippen LogP contribution in [0.15, 0.2) is 29.8 Å². The van der Waals surface area contributed by atoms with Crippen molar-refractivity contribution in [2.75, 3.05) is 7.11 Å². The maximum atomic E-state index is 12.9. The molecule has 30 heavy (non-hydrogen) atoms. The first-order valence-electron chi connectivity index (χ1n) is 11.7. The normalized spacial score (nSPS) is 27.7. The number of ether oxygens (including phenoxy) is 1. The van der Waals surface area contributed by atoms with Crippen molar-refractivity contribution in [3.63, 3.8) is 0 Å². The molecule has 2 aliphatic rings. The third kappa shape index (κ3) is 4.71. The molecule has 0 N–H and O–H groups in total. The molecule has 1 aromatic carbocycles. The minimum atomic E-state index is -0.128. The maximum Gasteiger partial charge on any atom is 0.159 e. The zero-order chi connectivity index (χ0) is 21.9. The molecular weight excluding hydrogens is 372 g/mol. The summed E-state index contributed by atoms with van der Waals surface area (Å²) in [6.45, 7) is 8.84. The van der Waals surface area contributed by atoms with Gasteiger partial charge in [-0.2, -0.15) is 0 Å². The summed E-state index contributed by atoms with van der Waals surface area (Å²) in [7, 11) is 1.68. The van der Waals surface area contributed by atoms with E-state index in [0.717, 1.165) is 43.4 Å². The molecule has 0 bridgehead atoms. The first kappa shape index (κ1) is 22.8. The zero-order valence-corrected chi connectivity index (χ0v) is 19.4. The summed E-state index contributed by atoms with van der Waals surface area (Å²) in [5.74, 6) is 2.34. The van der Waals surface area contributed by atoms with Crippen LogP contribution in [0.25, 0.3) is 0 Å². The van der Waals surface area contributed by atoms with Crippen LogP contribution in [0.2, 0.25) is 0 Å². The molecule has 0 spiro atoms. The maximum absolute atomic E-state index is 12.9. The number of hydrogen-bond donors (Lipinski definition) is 0. The molecule has 0 radical (unpaired) electrons. The Labute approximate surface area is 182 Å². The number of carbonyl (C=O) groups excluding carboxylic acids is 2. The molecule has 3 nitrogen and oxygen atoms in total. The number of fused-ring (bicyclic) bond motifs is 1. The lowest BCUT2D eigenvalue weighted by atomic mass is 9.61. The van der Waals surface area contributed by atoms with Crippen LogP contribution in [0.3, 0.4) is 0 Å². The lowest BCUT2D eigenvalue weighted by Crippen LogP contribution is -2.39. The summed E-state index contributed by atoms with van der Waals surface area (Å²) in [6.07, 6.45) is 9.16. The van der Waals surface area contributed by atoms with Gasteiger partial charge in [0.05, 0.1) is 7.11 Å². The number of aryl methyl sites for hydroxylation is 2. The van der Waals surface area contributed by atoms with Crippen LogP contribution in [0.4, 0.5) is 0 Å². The van der Waals surface area contributed by atoms with Gasteiger partial charge in [0.25, 0.3) is 0 Å². The van der Waals surface area contributed by atoms with Gasteiger partial charge < -0.3 is 4.74 Å². The van der Waals surface area contributed by atoms with E-state index >= 15 is 0 Å². The average molecular weight is 411 g/mol. The number of benzene rings is 1. The van der Waals surface area contributed by atoms with Gasteiger partial charge >= 0.3 is 0 Å². The summed E-state index contributed by atoms with van der Waals surface area (Å²) in [5.41, 5.74) is 3.36. The number of methoxy groups -OCH3 is 1. The number of Topliss-reactive ketones (excluding diaryl/α,β-unsaturated/α-hetero) is 2. The van der Waals surface area contributed by atoms with Crippen LogP contribution in [-0.2, 0) is 16.0 Å². The smallest absolute Gasteiger partial charge is 0.159 e. The molecule has 2 fully saturated rings. The van der Waals surface area contributed by atoms with E-state index in [1.165, 1.54) is 17.5 Å². The highest BCUT2D eigenvalue weighted by Gasteiger charge is 2.54. The van der Waals surface area contributed by atoms with Gasteiger partial charge in [-0.05, 0) is 79.7 Å². The molecule has 0 aliphatic heterocycles. The van der Waals surface area contributed by atoms with Crippen molar-refractivity contribution in [3.8, 4) is 5.75 Å². The topological polar surface area (TPSA) is 43.4 Å². The molecular formula is C27H38O3. The van der Waals surface area contributed by atoms with Crippen molar-refractivity contribution in [3.05, 3.63) is 41.0 Å². The van der Waals surface area contributed by atoms with Crippen molar-refractivity contribution < 1.29 is 14.3 Å². The molecule has 164 valence electrons. The highest BCUT2D eigenvalue weighted by atomic mass is 16.5. The summed E-state index contributed by atoms with van der Waals surface area (Å²) >= 11 is 0. The van der Waals surface area contributed by atoms with Gasteiger partial charge in [0.15, 0.2) is 5.78 Å². The predicted molar refractivity (Wildman–Crippen MR) is 122 cm³/mol. The second-order valence-corrected chi connectivity index (χ2v) is 10.00. The monoisotopic (exact) mass is 410 g/mol. The van der Waals surface area contributed by atoms with Gasteiger partial charge in [0.1, 0.15) is 11.5 Å². The summed E-state index contributed by atoms with van der Waals surface area (Å²) in [4.78, 5) is 25.8. The van der Waals surface area contributed by atoms with Crippen molar-refractivity contribution in [1.29, 1.82) is 0 Å². The van der Waals surface area contributed by atoms with E-state index in [2.05, 4.69) is 45.9 Å². The van der Waals surface area contributed by atoms with Crippen LogP contribution in [0, 0.1) is 30.1 Å². The van der Waals surface area contributed by atoms with Crippen LogP contribution < -0.4 is 4.74 Å². The third-order valence-electron chi connectivity index (χ3n) is 7.54. The molecule has 3 atom stereocenters. The standard InChI is InChI=1S/C27H38O3/c1-18(2)8-6-7-9-23-26(29)17-24-22(25(28)14-15-27(23,24)4)13-11-20-16-21(30-5)12-10-19(20)3/h9-10,12,16,18,22,24H,6-8,11,13-15,17H2,1-5H3/b23-9-/t22-,24-,27+/m0/s1. The van der Waals surface area contributed by atoms with Gasteiger partial charge in [-0.15, -0.1) is 0 Å². The Bertz CT molecular complexity index is 819. The van der Waals surface area contributed by atoms with E-state index < -0.39 is 0 Å². The van der Waals surface area contributed by atoms with E-state index in [1.54, 1.807) is 7.11 Å². The second kappa shape index (κ2) is 9.49. The van der Waals surface area contributed by atoms with E-state index in [-0.39, 0.29) is 23.0 Å². The Morgan fingerprint density at radius 1 is 1.27 bits per heavy atom. The van der Waals surface area contributed by atoms with E-state index in [1.807, 2.05) is 6.07 Å². The van der Waals surface area contributed by atoms with Crippen molar-refractivity contribution in [2.24, 2.45) is 23.2 Å². The van der Waals surface area contributed by atoms with Crippen molar-refractivity contribution >= 4 is 11.6 Å². The number of rotatable bonds is 8. The van der Waals surface area contributed by atoms with Gasteiger partial charge in [-0.1, -0.05) is 39.3 Å². The van der Waals surface area contributed by atoms with E-state index in [4.69, 9.17) is 4.74 Å². The molecule has 0 unspecified atom stereocenters. The van der Waals surface area contributed by atoms with Crippen molar-refractivity contribution in [2.45, 2.75) is 79.1 Å². The Kier molecular flexibility index (Phi) is 7.21. The summed E-state index contributed by atoms with van der Waals surface area (Å²) in [5, 5.41) is 0. The first-order chi connectivity index (χ1) is 14.3. The molecule has 2 saturated carbocycles. The second-order valence-electron chi connectivity index (χ2n) is 10.00. The number of hydrogen-bond acceptors (Lipinski definition) is 3. The van der Waals surface area contributed by atoms with Crippen LogP contribution >= 0.6 is 0 Å².